The maximum absolute atomic E-state index is 11.8. The van der Waals surface area contributed by atoms with Gasteiger partial charge in [0, 0.05) is 30.3 Å². The number of hydrogen-bond donors (Lipinski definition) is 2. The molecule has 2 aromatic rings. The minimum Gasteiger partial charge on any atom is -0.352 e. The number of halogens is 1. The van der Waals surface area contributed by atoms with Crippen LogP contribution in [0.4, 0.5) is 0 Å². The van der Waals surface area contributed by atoms with Gasteiger partial charge in [0.1, 0.15) is 0 Å². The van der Waals surface area contributed by atoms with E-state index in [0.717, 1.165) is 23.5 Å². The SMILES string of the molecule is Cc1nn(Cc2ccccc2)c(C)c1CNC(=O)CCC(C)N.Cl. The zero-order valence-corrected chi connectivity index (χ0v) is 15.4. The molecule has 0 fully saturated rings. The summed E-state index contributed by atoms with van der Waals surface area (Å²) in [6.07, 6.45) is 1.17. The van der Waals surface area contributed by atoms with Gasteiger partial charge in [-0.3, -0.25) is 9.48 Å². The Labute approximate surface area is 150 Å². The third kappa shape index (κ3) is 5.65. The molecule has 1 aromatic heterocycles. The molecule has 1 heterocycles. The summed E-state index contributed by atoms with van der Waals surface area (Å²) < 4.78 is 1.99. The summed E-state index contributed by atoms with van der Waals surface area (Å²) in [4.78, 5) is 11.8. The molecule has 0 saturated carbocycles. The molecule has 0 aliphatic carbocycles. The van der Waals surface area contributed by atoms with Crippen LogP contribution in [0.15, 0.2) is 30.3 Å². The number of aromatic nitrogens is 2. The summed E-state index contributed by atoms with van der Waals surface area (Å²) in [5, 5.41) is 7.57. The molecule has 5 nitrogen and oxygen atoms in total. The van der Waals surface area contributed by atoms with Crippen LogP contribution in [0.25, 0.3) is 0 Å². The van der Waals surface area contributed by atoms with Gasteiger partial charge in [-0.05, 0) is 32.8 Å². The van der Waals surface area contributed by atoms with Crippen LogP contribution in [-0.2, 0) is 17.9 Å². The molecule has 0 aliphatic heterocycles. The van der Waals surface area contributed by atoms with Gasteiger partial charge in [-0.1, -0.05) is 30.3 Å². The molecular formula is C18H27ClN4O. The van der Waals surface area contributed by atoms with Gasteiger partial charge in [0.05, 0.1) is 12.2 Å². The average molecular weight is 351 g/mol. The Bertz CT molecular complexity index is 653. The van der Waals surface area contributed by atoms with E-state index >= 15 is 0 Å². The number of aryl methyl sites for hydroxylation is 1. The summed E-state index contributed by atoms with van der Waals surface area (Å²) in [6.45, 7) is 7.20. The highest BCUT2D eigenvalue weighted by Crippen LogP contribution is 2.14. The van der Waals surface area contributed by atoms with Crippen molar-refractivity contribution in [1.82, 2.24) is 15.1 Å². The number of nitrogens with one attached hydrogen (secondary N) is 1. The fourth-order valence-corrected chi connectivity index (χ4v) is 2.53. The second-order valence-electron chi connectivity index (χ2n) is 6.09. The summed E-state index contributed by atoms with van der Waals surface area (Å²) in [6, 6.07) is 10.3. The minimum absolute atomic E-state index is 0. The first-order valence-electron chi connectivity index (χ1n) is 8.06. The van der Waals surface area contributed by atoms with Gasteiger partial charge >= 0.3 is 0 Å². The maximum Gasteiger partial charge on any atom is 0.220 e. The van der Waals surface area contributed by atoms with Crippen molar-refractivity contribution in [3.63, 3.8) is 0 Å². The number of hydrogen-bond acceptors (Lipinski definition) is 3. The third-order valence-corrected chi connectivity index (χ3v) is 4.00. The van der Waals surface area contributed by atoms with Crippen molar-refractivity contribution in [2.24, 2.45) is 5.73 Å². The van der Waals surface area contributed by atoms with Gasteiger partial charge in [-0.2, -0.15) is 5.10 Å². The molecule has 2 rings (SSSR count). The molecule has 3 N–H and O–H groups in total. The van der Waals surface area contributed by atoms with E-state index < -0.39 is 0 Å². The number of amides is 1. The van der Waals surface area contributed by atoms with Crippen molar-refractivity contribution in [2.75, 3.05) is 0 Å². The van der Waals surface area contributed by atoms with Gasteiger partial charge in [-0.25, -0.2) is 0 Å². The Balaban J connectivity index is 0.00000288. The lowest BCUT2D eigenvalue weighted by molar-refractivity contribution is -0.121. The van der Waals surface area contributed by atoms with E-state index in [1.165, 1.54) is 5.56 Å². The first-order chi connectivity index (χ1) is 11.0. The summed E-state index contributed by atoms with van der Waals surface area (Å²) in [5.74, 6) is 0.0388. The van der Waals surface area contributed by atoms with E-state index in [1.54, 1.807) is 0 Å². The first-order valence-corrected chi connectivity index (χ1v) is 8.06. The van der Waals surface area contributed by atoms with E-state index in [1.807, 2.05) is 43.7 Å². The van der Waals surface area contributed by atoms with Crippen LogP contribution in [0.2, 0.25) is 0 Å². The van der Waals surface area contributed by atoms with Gasteiger partial charge < -0.3 is 11.1 Å². The zero-order chi connectivity index (χ0) is 16.8. The highest BCUT2D eigenvalue weighted by atomic mass is 35.5. The molecule has 0 saturated heterocycles. The smallest absolute Gasteiger partial charge is 0.220 e. The summed E-state index contributed by atoms with van der Waals surface area (Å²) in [5.41, 5.74) is 10.0. The normalized spacial score (nSPS) is 11.7. The van der Waals surface area contributed by atoms with Crippen LogP contribution in [0.1, 0.15) is 42.3 Å². The number of carbonyl (C=O) groups excluding carboxylic acids is 1. The molecule has 1 aromatic carbocycles. The summed E-state index contributed by atoms with van der Waals surface area (Å²) in [7, 11) is 0. The molecule has 0 radical (unpaired) electrons. The Hall–Kier alpha value is -1.85. The van der Waals surface area contributed by atoms with Gasteiger partial charge in [0.2, 0.25) is 5.91 Å². The number of carbonyl (C=O) groups is 1. The molecule has 1 amide bonds. The van der Waals surface area contributed by atoms with Crippen molar-refractivity contribution in [2.45, 2.75) is 52.7 Å². The number of benzene rings is 1. The lowest BCUT2D eigenvalue weighted by atomic mass is 10.1. The van der Waals surface area contributed by atoms with Gasteiger partial charge in [-0.15, -0.1) is 12.4 Å². The van der Waals surface area contributed by atoms with Crippen molar-refractivity contribution in [1.29, 1.82) is 0 Å². The lowest BCUT2D eigenvalue weighted by Crippen LogP contribution is -2.25. The number of rotatable bonds is 7. The van der Waals surface area contributed by atoms with Crippen molar-refractivity contribution in [3.05, 3.63) is 52.8 Å². The van der Waals surface area contributed by atoms with E-state index in [0.29, 0.717) is 19.4 Å². The molecule has 0 bridgehead atoms. The molecule has 0 spiro atoms. The largest absolute Gasteiger partial charge is 0.352 e. The van der Waals surface area contributed by atoms with E-state index in [2.05, 4.69) is 22.5 Å². The monoisotopic (exact) mass is 350 g/mol. The summed E-state index contributed by atoms with van der Waals surface area (Å²) >= 11 is 0. The Morgan fingerprint density at radius 3 is 2.58 bits per heavy atom. The molecule has 24 heavy (non-hydrogen) atoms. The number of nitrogens with two attached hydrogens (primary N) is 1. The van der Waals surface area contributed by atoms with Crippen LogP contribution in [0.3, 0.4) is 0 Å². The zero-order valence-electron chi connectivity index (χ0n) is 14.6. The van der Waals surface area contributed by atoms with E-state index in [9.17, 15) is 4.79 Å². The molecule has 0 aliphatic rings. The highest BCUT2D eigenvalue weighted by Gasteiger charge is 2.13. The fourth-order valence-electron chi connectivity index (χ4n) is 2.53. The van der Waals surface area contributed by atoms with E-state index in [4.69, 9.17) is 5.73 Å². The van der Waals surface area contributed by atoms with Crippen LogP contribution >= 0.6 is 12.4 Å². The molecule has 132 valence electrons. The lowest BCUT2D eigenvalue weighted by Gasteiger charge is -2.08. The topological polar surface area (TPSA) is 72.9 Å². The van der Waals surface area contributed by atoms with Crippen LogP contribution in [0, 0.1) is 13.8 Å². The molecule has 1 unspecified atom stereocenters. The predicted molar refractivity (Wildman–Crippen MR) is 99.2 cm³/mol. The third-order valence-electron chi connectivity index (χ3n) is 4.00. The Kier molecular flexibility index (Phi) is 7.95. The van der Waals surface area contributed by atoms with Gasteiger partial charge in [0.25, 0.3) is 0 Å². The second kappa shape index (κ2) is 9.45. The Morgan fingerprint density at radius 2 is 1.96 bits per heavy atom. The first kappa shape index (κ1) is 20.2. The minimum atomic E-state index is 0. The molecular weight excluding hydrogens is 324 g/mol. The number of nitrogens with zero attached hydrogens (tertiary/aromatic N) is 2. The van der Waals surface area contributed by atoms with Crippen LogP contribution < -0.4 is 11.1 Å². The van der Waals surface area contributed by atoms with Crippen molar-refractivity contribution < 1.29 is 4.79 Å². The molecule has 6 heteroatoms. The van der Waals surface area contributed by atoms with Crippen molar-refractivity contribution in [3.8, 4) is 0 Å². The molecule has 1 atom stereocenters. The maximum atomic E-state index is 11.8. The van der Waals surface area contributed by atoms with Crippen molar-refractivity contribution >= 4 is 18.3 Å². The highest BCUT2D eigenvalue weighted by molar-refractivity contribution is 5.85. The van der Waals surface area contributed by atoms with Crippen LogP contribution in [-0.4, -0.2) is 21.7 Å². The Morgan fingerprint density at radius 1 is 1.29 bits per heavy atom. The standard InChI is InChI=1S/C18H26N4O.ClH/c1-13(19)9-10-18(23)20-11-17-14(2)21-22(15(17)3)12-16-7-5-4-6-8-16;/h4-8,13H,9-12,19H2,1-3H3,(H,20,23);1H. The van der Waals surface area contributed by atoms with Gasteiger partial charge in [0.15, 0.2) is 0 Å². The quantitative estimate of drug-likeness (QED) is 0.806. The predicted octanol–water partition coefficient (Wildman–Crippen LogP) is 2.71. The van der Waals surface area contributed by atoms with E-state index in [-0.39, 0.29) is 24.4 Å². The fraction of sp³-hybridized carbons (Fsp3) is 0.444. The average Bonchev–Trinajstić information content (AvgIpc) is 2.78. The second-order valence-corrected chi connectivity index (χ2v) is 6.09. The van der Waals surface area contributed by atoms with Crippen LogP contribution in [0.5, 0.6) is 0 Å².